The van der Waals surface area contributed by atoms with Crippen molar-refractivity contribution in [1.29, 1.82) is 0 Å². The predicted octanol–water partition coefficient (Wildman–Crippen LogP) is 2.48. The maximum Gasteiger partial charge on any atom is 0.573 e. The van der Waals surface area contributed by atoms with Gasteiger partial charge in [0.05, 0.1) is 4.90 Å². The predicted molar refractivity (Wildman–Crippen MR) is 78.9 cm³/mol. The number of nitrogens with one attached hydrogen (secondary N) is 1. The first-order valence-electron chi connectivity index (χ1n) is 6.35. The van der Waals surface area contributed by atoms with Gasteiger partial charge in [-0.25, -0.2) is 13.6 Å². The van der Waals surface area contributed by atoms with Gasteiger partial charge in [-0.3, -0.25) is 4.79 Å². The Morgan fingerprint density at radius 2 is 1.54 bits per heavy atom. The second kappa shape index (κ2) is 6.49. The number of carbonyl (C=O) groups is 1. The molecule has 0 bridgehead atoms. The van der Waals surface area contributed by atoms with Gasteiger partial charge in [-0.2, -0.15) is 0 Å². The third kappa shape index (κ3) is 4.96. The lowest BCUT2D eigenvalue weighted by molar-refractivity contribution is -0.274. The van der Waals surface area contributed by atoms with E-state index in [0.29, 0.717) is 5.69 Å². The molecule has 0 radical (unpaired) electrons. The van der Waals surface area contributed by atoms with Crippen LogP contribution in [0.15, 0.2) is 53.4 Å². The number of nitrogens with two attached hydrogens (primary N) is 1. The Kier molecular flexibility index (Phi) is 4.81. The van der Waals surface area contributed by atoms with E-state index in [0.717, 1.165) is 24.3 Å². The molecule has 0 aliphatic carbocycles. The minimum absolute atomic E-state index is 0.0973. The minimum Gasteiger partial charge on any atom is -0.406 e. The van der Waals surface area contributed by atoms with Gasteiger partial charge in [-0.05, 0) is 48.5 Å². The molecule has 6 nitrogen and oxygen atoms in total. The average Bonchev–Trinajstić information content (AvgIpc) is 2.46. The van der Waals surface area contributed by atoms with Crippen LogP contribution < -0.4 is 15.2 Å². The zero-order chi connectivity index (χ0) is 18.0. The number of primary sulfonamides is 1. The molecule has 1 amide bonds. The summed E-state index contributed by atoms with van der Waals surface area (Å²) in [5.41, 5.74) is 0.392. The standard InChI is InChI=1S/C14H11F3N2O4S/c15-14(16,17)23-11-5-1-9(2-6-11)13(20)19-10-3-7-12(8-4-10)24(18,21)22/h1-8H,(H,19,20)(H2,18,21,22). The Bertz CT molecular complexity index is 832. The van der Waals surface area contributed by atoms with Crippen LogP contribution in [0.5, 0.6) is 5.75 Å². The second-order valence-electron chi connectivity index (χ2n) is 4.60. The van der Waals surface area contributed by atoms with Gasteiger partial charge in [0.1, 0.15) is 5.75 Å². The van der Waals surface area contributed by atoms with Crippen LogP contribution in [0.1, 0.15) is 10.4 Å². The third-order valence-corrected chi connectivity index (χ3v) is 3.72. The van der Waals surface area contributed by atoms with Gasteiger partial charge in [0.25, 0.3) is 5.91 Å². The summed E-state index contributed by atoms with van der Waals surface area (Å²) in [5, 5.41) is 7.42. The average molecular weight is 360 g/mol. The van der Waals surface area contributed by atoms with Gasteiger partial charge in [-0.1, -0.05) is 0 Å². The molecule has 0 atom stereocenters. The van der Waals surface area contributed by atoms with E-state index in [1.54, 1.807) is 0 Å². The van der Waals surface area contributed by atoms with Crippen molar-refractivity contribution in [3.05, 3.63) is 54.1 Å². The molecule has 128 valence electrons. The highest BCUT2D eigenvalue weighted by Gasteiger charge is 2.31. The first kappa shape index (κ1) is 17.8. The fraction of sp³-hybridized carbons (Fsp3) is 0.0714. The summed E-state index contributed by atoms with van der Waals surface area (Å²) < 4.78 is 62.1. The number of sulfonamides is 1. The van der Waals surface area contributed by atoms with Crippen molar-refractivity contribution in [2.45, 2.75) is 11.3 Å². The smallest absolute Gasteiger partial charge is 0.406 e. The molecule has 0 heterocycles. The summed E-state index contributed by atoms with van der Waals surface area (Å²) in [6, 6.07) is 9.43. The van der Waals surface area contributed by atoms with Crippen molar-refractivity contribution in [3.8, 4) is 5.75 Å². The maximum atomic E-state index is 12.1. The van der Waals surface area contributed by atoms with Crippen molar-refractivity contribution < 1.29 is 31.1 Å². The Hall–Kier alpha value is -2.59. The van der Waals surface area contributed by atoms with Crippen molar-refractivity contribution in [1.82, 2.24) is 0 Å². The molecule has 0 unspecified atom stereocenters. The van der Waals surface area contributed by atoms with Crippen molar-refractivity contribution in [2.24, 2.45) is 5.14 Å². The van der Waals surface area contributed by atoms with Crippen LogP contribution in [0.4, 0.5) is 18.9 Å². The highest BCUT2D eigenvalue weighted by atomic mass is 32.2. The second-order valence-corrected chi connectivity index (χ2v) is 6.16. The molecule has 0 fully saturated rings. The van der Waals surface area contributed by atoms with Crippen molar-refractivity contribution in [3.63, 3.8) is 0 Å². The van der Waals surface area contributed by atoms with Crippen LogP contribution in [-0.4, -0.2) is 20.7 Å². The summed E-state index contributed by atoms with van der Waals surface area (Å²) in [6.45, 7) is 0. The normalized spacial score (nSPS) is 11.8. The molecule has 0 aliphatic heterocycles. The monoisotopic (exact) mass is 360 g/mol. The van der Waals surface area contributed by atoms with Crippen LogP contribution in [0.25, 0.3) is 0 Å². The molecule has 2 rings (SSSR count). The summed E-state index contributed by atoms with van der Waals surface area (Å²) >= 11 is 0. The Morgan fingerprint density at radius 1 is 1.00 bits per heavy atom. The molecular weight excluding hydrogens is 349 g/mol. The Morgan fingerprint density at radius 3 is 2.00 bits per heavy atom. The SMILES string of the molecule is NS(=O)(=O)c1ccc(NC(=O)c2ccc(OC(F)(F)F)cc2)cc1. The number of amides is 1. The molecule has 0 aromatic heterocycles. The Labute approximate surface area is 135 Å². The molecular formula is C14H11F3N2O4S. The number of rotatable bonds is 4. The molecule has 0 saturated heterocycles. The number of hydrogen-bond acceptors (Lipinski definition) is 4. The first-order chi connectivity index (χ1) is 11.0. The highest BCUT2D eigenvalue weighted by Crippen LogP contribution is 2.23. The molecule has 10 heteroatoms. The number of carbonyl (C=O) groups excluding carboxylic acids is 1. The van der Waals surface area contributed by atoms with Crippen LogP contribution >= 0.6 is 0 Å². The van der Waals surface area contributed by atoms with E-state index < -0.39 is 28.0 Å². The van der Waals surface area contributed by atoms with Crippen molar-refractivity contribution in [2.75, 3.05) is 5.32 Å². The molecule has 0 aliphatic rings. The number of benzene rings is 2. The van der Waals surface area contributed by atoms with Crippen LogP contribution in [0, 0.1) is 0 Å². The van der Waals surface area contributed by atoms with Crippen LogP contribution in [0.2, 0.25) is 0 Å². The first-order valence-corrected chi connectivity index (χ1v) is 7.89. The van der Waals surface area contributed by atoms with Gasteiger partial charge < -0.3 is 10.1 Å². The van der Waals surface area contributed by atoms with E-state index in [9.17, 15) is 26.4 Å². The number of ether oxygens (including phenoxy) is 1. The zero-order valence-electron chi connectivity index (χ0n) is 11.9. The third-order valence-electron chi connectivity index (χ3n) is 2.79. The number of hydrogen-bond donors (Lipinski definition) is 2. The lowest BCUT2D eigenvalue weighted by atomic mass is 10.2. The summed E-state index contributed by atoms with van der Waals surface area (Å²) in [4.78, 5) is 11.9. The van der Waals surface area contributed by atoms with Gasteiger partial charge in [-0.15, -0.1) is 13.2 Å². The zero-order valence-corrected chi connectivity index (χ0v) is 12.7. The molecule has 24 heavy (non-hydrogen) atoms. The van der Waals surface area contributed by atoms with E-state index in [2.05, 4.69) is 10.1 Å². The summed E-state index contributed by atoms with van der Waals surface area (Å²) in [5.74, 6) is -1.03. The summed E-state index contributed by atoms with van der Waals surface area (Å²) in [7, 11) is -3.84. The lowest BCUT2D eigenvalue weighted by Crippen LogP contribution is -2.17. The number of halogens is 3. The number of alkyl halides is 3. The van der Waals surface area contributed by atoms with E-state index in [4.69, 9.17) is 5.14 Å². The van der Waals surface area contributed by atoms with Crippen LogP contribution in [0.3, 0.4) is 0 Å². The van der Waals surface area contributed by atoms with Gasteiger partial charge >= 0.3 is 6.36 Å². The fourth-order valence-electron chi connectivity index (χ4n) is 1.74. The van der Waals surface area contributed by atoms with Gasteiger partial charge in [0.15, 0.2) is 0 Å². The largest absolute Gasteiger partial charge is 0.573 e. The van der Waals surface area contributed by atoms with Crippen molar-refractivity contribution >= 4 is 21.6 Å². The lowest BCUT2D eigenvalue weighted by Gasteiger charge is -2.09. The summed E-state index contributed by atoms with van der Waals surface area (Å²) in [6.07, 6.45) is -4.81. The molecule has 3 N–H and O–H groups in total. The molecule has 0 spiro atoms. The van der Waals surface area contributed by atoms with Gasteiger partial charge in [0, 0.05) is 11.3 Å². The van der Waals surface area contributed by atoms with E-state index in [1.807, 2.05) is 0 Å². The maximum absolute atomic E-state index is 12.1. The number of anilines is 1. The molecule has 2 aromatic carbocycles. The minimum atomic E-state index is -4.81. The quantitative estimate of drug-likeness (QED) is 0.875. The van der Waals surface area contributed by atoms with Crippen LogP contribution in [-0.2, 0) is 10.0 Å². The molecule has 2 aromatic rings. The van der Waals surface area contributed by atoms with Gasteiger partial charge in [0.2, 0.25) is 10.0 Å². The molecule has 0 saturated carbocycles. The van der Waals surface area contributed by atoms with E-state index in [-0.39, 0.29) is 10.5 Å². The van der Waals surface area contributed by atoms with E-state index >= 15 is 0 Å². The highest BCUT2D eigenvalue weighted by molar-refractivity contribution is 7.89. The topological polar surface area (TPSA) is 98.5 Å². The Balaban J connectivity index is 2.07. The van der Waals surface area contributed by atoms with E-state index in [1.165, 1.54) is 24.3 Å². The fourth-order valence-corrected chi connectivity index (χ4v) is 2.25.